The molecule has 0 unspecified atom stereocenters. The molecule has 0 aromatic heterocycles. The maximum absolute atomic E-state index is 13.0. The first-order valence-corrected chi connectivity index (χ1v) is 8.45. The summed E-state index contributed by atoms with van der Waals surface area (Å²) in [6, 6.07) is 13.5. The molecular formula is C20H22FNO3. The van der Waals surface area contributed by atoms with Gasteiger partial charge in [0.05, 0.1) is 19.8 Å². The smallest absolute Gasteiger partial charge is 0.253 e. The molecule has 2 aromatic carbocycles. The molecule has 25 heavy (non-hydrogen) atoms. The van der Waals surface area contributed by atoms with Crippen molar-refractivity contribution >= 4 is 5.91 Å². The second kappa shape index (κ2) is 8.12. The number of piperidine rings is 1. The number of para-hydroxylation sites is 1. The number of rotatable bonds is 5. The van der Waals surface area contributed by atoms with Crippen LogP contribution in [0.4, 0.5) is 4.39 Å². The first kappa shape index (κ1) is 17.4. The zero-order valence-corrected chi connectivity index (χ0v) is 14.3. The van der Waals surface area contributed by atoms with Crippen LogP contribution >= 0.6 is 0 Å². The van der Waals surface area contributed by atoms with E-state index >= 15 is 0 Å². The van der Waals surface area contributed by atoms with Gasteiger partial charge in [-0.05, 0) is 43.2 Å². The van der Waals surface area contributed by atoms with Gasteiger partial charge in [-0.2, -0.15) is 0 Å². The summed E-state index contributed by atoms with van der Waals surface area (Å²) >= 11 is 0. The molecule has 5 heteroatoms. The Labute approximate surface area is 147 Å². The number of likely N-dealkylation sites (tertiary alicyclic amines) is 1. The minimum atomic E-state index is -0.333. The number of amides is 1. The third-order valence-corrected chi connectivity index (χ3v) is 4.49. The average Bonchev–Trinajstić information content (AvgIpc) is 2.67. The van der Waals surface area contributed by atoms with Crippen molar-refractivity contribution in [3.63, 3.8) is 0 Å². The van der Waals surface area contributed by atoms with Crippen LogP contribution in [0.3, 0.4) is 0 Å². The highest BCUT2D eigenvalue weighted by Gasteiger charge is 2.24. The number of benzene rings is 2. The standard InChI is InChI=1S/C20H22FNO3/c1-24-19-5-3-2-4-16(19)14-25-18-10-12-22(13-11-18)20(23)15-6-8-17(21)9-7-15/h2-9,18H,10-14H2,1H3. The lowest BCUT2D eigenvalue weighted by atomic mass is 10.1. The summed E-state index contributed by atoms with van der Waals surface area (Å²) in [6.45, 7) is 1.79. The van der Waals surface area contributed by atoms with E-state index in [0.717, 1.165) is 24.2 Å². The first-order chi connectivity index (χ1) is 12.2. The molecule has 0 spiro atoms. The molecular weight excluding hydrogens is 321 g/mol. The predicted molar refractivity (Wildman–Crippen MR) is 93.1 cm³/mol. The van der Waals surface area contributed by atoms with Gasteiger partial charge in [0.1, 0.15) is 11.6 Å². The molecule has 1 amide bonds. The van der Waals surface area contributed by atoms with Crippen molar-refractivity contribution < 1.29 is 18.7 Å². The molecule has 0 radical (unpaired) electrons. The fourth-order valence-corrected chi connectivity index (χ4v) is 3.03. The largest absolute Gasteiger partial charge is 0.496 e. The topological polar surface area (TPSA) is 38.8 Å². The van der Waals surface area contributed by atoms with Crippen LogP contribution in [0.15, 0.2) is 48.5 Å². The summed E-state index contributed by atoms with van der Waals surface area (Å²) in [7, 11) is 1.65. The number of methoxy groups -OCH3 is 1. The van der Waals surface area contributed by atoms with Crippen LogP contribution in [0.2, 0.25) is 0 Å². The van der Waals surface area contributed by atoms with E-state index in [1.807, 2.05) is 24.3 Å². The van der Waals surface area contributed by atoms with E-state index in [4.69, 9.17) is 9.47 Å². The summed E-state index contributed by atoms with van der Waals surface area (Å²) < 4.78 is 24.3. The first-order valence-electron chi connectivity index (χ1n) is 8.45. The maximum Gasteiger partial charge on any atom is 0.253 e. The molecule has 2 aromatic rings. The number of carbonyl (C=O) groups is 1. The lowest BCUT2D eigenvalue weighted by molar-refractivity contribution is -0.000961. The molecule has 1 fully saturated rings. The van der Waals surface area contributed by atoms with Crippen LogP contribution < -0.4 is 4.74 Å². The lowest BCUT2D eigenvalue weighted by Gasteiger charge is -2.32. The normalized spacial score (nSPS) is 15.2. The Morgan fingerprint density at radius 2 is 1.80 bits per heavy atom. The Hall–Kier alpha value is -2.40. The molecule has 1 aliphatic heterocycles. The fraction of sp³-hybridized carbons (Fsp3) is 0.350. The molecule has 1 heterocycles. The van der Waals surface area contributed by atoms with Gasteiger partial charge in [0, 0.05) is 24.2 Å². The van der Waals surface area contributed by atoms with Crippen LogP contribution in [0.5, 0.6) is 5.75 Å². The minimum Gasteiger partial charge on any atom is -0.496 e. The number of hydrogen-bond acceptors (Lipinski definition) is 3. The van der Waals surface area contributed by atoms with E-state index in [1.54, 1.807) is 12.0 Å². The highest BCUT2D eigenvalue weighted by Crippen LogP contribution is 2.22. The summed E-state index contributed by atoms with van der Waals surface area (Å²) in [5.41, 5.74) is 1.55. The minimum absolute atomic E-state index is 0.0526. The van der Waals surface area contributed by atoms with Crippen molar-refractivity contribution in [1.82, 2.24) is 4.90 Å². The van der Waals surface area contributed by atoms with E-state index in [-0.39, 0.29) is 17.8 Å². The molecule has 0 saturated carbocycles. The zero-order valence-electron chi connectivity index (χ0n) is 14.3. The van der Waals surface area contributed by atoms with Crippen molar-refractivity contribution in [2.75, 3.05) is 20.2 Å². The van der Waals surface area contributed by atoms with Crippen molar-refractivity contribution in [2.24, 2.45) is 0 Å². The van der Waals surface area contributed by atoms with E-state index in [9.17, 15) is 9.18 Å². The average molecular weight is 343 g/mol. The van der Waals surface area contributed by atoms with E-state index in [2.05, 4.69) is 0 Å². The van der Waals surface area contributed by atoms with Crippen LogP contribution in [-0.2, 0) is 11.3 Å². The lowest BCUT2D eigenvalue weighted by Crippen LogP contribution is -2.40. The van der Waals surface area contributed by atoms with Crippen molar-refractivity contribution in [3.8, 4) is 5.75 Å². The zero-order chi connectivity index (χ0) is 17.6. The van der Waals surface area contributed by atoms with Crippen molar-refractivity contribution in [1.29, 1.82) is 0 Å². The van der Waals surface area contributed by atoms with Crippen molar-refractivity contribution in [2.45, 2.75) is 25.6 Å². The highest BCUT2D eigenvalue weighted by molar-refractivity contribution is 5.94. The monoisotopic (exact) mass is 343 g/mol. The molecule has 0 aliphatic carbocycles. The van der Waals surface area contributed by atoms with Crippen LogP contribution in [0.1, 0.15) is 28.8 Å². The quantitative estimate of drug-likeness (QED) is 0.832. The number of ether oxygens (including phenoxy) is 2. The van der Waals surface area contributed by atoms with Gasteiger partial charge < -0.3 is 14.4 Å². The number of halogens is 1. The second-order valence-corrected chi connectivity index (χ2v) is 6.12. The molecule has 132 valence electrons. The van der Waals surface area contributed by atoms with Gasteiger partial charge in [-0.3, -0.25) is 4.79 Å². The Balaban J connectivity index is 1.50. The highest BCUT2D eigenvalue weighted by atomic mass is 19.1. The molecule has 1 aliphatic rings. The van der Waals surface area contributed by atoms with Gasteiger partial charge in [0.15, 0.2) is 0 Å². The molecule has 4 nitrogen and oxygen atoms in total. The van der Waals surface area contributed by atoms with Gasteiger partial charge in [-0.25, -0.2) is 4.39 Å². The molecule has 0 atom stereocenters. The van der Waals surface area contributed by atoms with Crippen molar-refractivity contribution in [3.05, 3.63) is 65.5 Å². The predicted octanol–water partition coefficient (Wildman–Crippen LogP) is 3.66. The van der Waals surface area contributed by atoms with Gasteiger partial charge in [-0.15, -0.1) is 0 Å². The number of nitrogens with zero attached hydrogens (tertiary/aromatic N) is 1. The van der Waals surface area contributed by atoms with Gasteiger partial charge >= 0.3 is 0 Å². The summed E-state index contributed by atoms with van der Waals surface area (Å²) in [5, 5.41) is 0. The fourth-order valence-electron chi connectivity index (χ4n) is 3.03. The van der Waals surface area contributed by atoms with Crippen LogP contribution in [0, 0.1) is 5.82 Å². The number of hydrogen-bond donors (Lipinski definition) is 0. The second-order valence-electron chi connectivity index (χ2n) is 6.12. The third kappa shape index (κ3) is 4.37. The Morgan fingerprint density at radius 3 is 2.48 bits per heavy atom. The Morgan fingerprint density at radius 1 is 1.12 bits per heavy atom. The van der Waals surface area contributed by atoms with E-state index in [0.29, 0.717) is 25.3 Å². The Kier molecular flexibility index (Phi) is 5.66. The van der Waals surface area contributed by atoms with Gasteiger partial charge in [-0.1, -0.05) is 18.2 Å². The van der Waals surface area contributed by atoms with Crippen LogP contribution in [-0.4, -0.2) is 37.1 Å². The van der Waals surface area contributed by atoms with E-state index < -0.39 is 0 Å². The summed E-state index contributed by atoms with van der Waals surface area (Å²) in [5.74, 6) is 0.439. The molecule has 0 N–H and O–H groups in total. The van der Waals surface area contributed by atoms with Gasteiger partial charge in [0.25, 0.3) is 5.91 Å². The molecule has 1 saturated heterocycles. The maximum atomic E-state index is 13.0. The Bertz CT molecular complexity index is 709. The third-order valence-electron chi connectivity index (χ3n) is 4.49. The van der Waals surface area contributed by atoms with E-state index in [1.165, 1.54) is 24.3 Å². The number of carbonyl (C=O) groups excluding carboxylic acids is 1. The summed E-state index contributed by atoms with van der Waals surface area (Å²) in [6.07, 6.45) is 1.71. The SMILES string of the molecule is COc1ccccc1COC1CCN(C(=O)c2ccc(F)cc2)CC1. The van der Waals surface area contributed by atoms with Crippen LogP contribution in [0.25, 0.3) is 0 Å². The van der Waals surface area contributed by atoms with Gasteiger partial charge in [0.2, 0.25) is 0 Å². The molecule has 3 rings (SSSR count). The summed E-state index contributed by atoms with van der Waals surface area (Å²) in [4.78, 5) is 14.2. The molecule has 0 bridgehead atoms.